The molecule has 0 aliphatic rings. The molecule has 0 radical (unpaired) electrons. The average molecular weight is 178 g/mol. The van der Waals surface area contributed by atoms with E-state index in [1.54, 1.807) is 6.20 Å². The molecule has 0 aliphatic heterocycles. The van der Waals surface area contributed by atoms with Crippen molar-refractivity contribution in [3.8, 4) is 0 Å². The Morgan fingerprint density at radius 3 is 3.08 bits per heavy atom. The Labute approximate surface area is 77.9 Å². The highest BCUT2D eigenvalue weighted by atomic mass is 15.1. The Bertz CT molecular complexity index is 268. The summed E-state index contributed by atoms with van der Waals surface area (Å²) >= 11 is 0. The molecule has 0 bridgehead atoms. The molecule has 0 spiro atoms. The number of aromatic nitrogens is 1. The van der Waals surface area contributed by atoms with Crippen LogP contribution in [0.1, 0.15) is 12.6 Å². The van der Waals surface area contributed by atoms with E-state index in [0.29, 0.717) is 12.5 Å². The summed E-state index contributed by atoms with van der Waals surface area (Å²) in [5.74, 6) is 0.466. The quantitative estimate of drug-likeness (QED) is 0.523. The van der Waals surface area contributed by atoms with Crippen molar-refractivity contribution in [2.45, 2.75) is 13.5 Å². The molecular formula is C9H14N4. The molecule has 0 aromatic carbocycles. The van der Waals surface area contributed by atoms with E-state index in [4.69, 9.17) is 5.73 Å². The van der Waals surface area contributed by atoms with Crippen molar-refractivity contribution in [3.05, 3.63) is 30.1 Å². The highest BCUT2D eigenvalue weighted by molar-refractivity contribution is 5.77. The van der Waals surface area contributed by atoms with Crippen LogP contribution in [0.3, 0.4) is 0 Å². The minimum absolute atomic E-state index is 0.466. The first-order chi connectivity index (χ1) is 6.33. The van der Waals surface area contributed by atoms with Crippen molar-refractivity contribution in [2.75, 3.05) is 6.54 Å². The summed E-state index contributed by atoms with van der Waals surface area (Å²) in [7, 11) is 0. The maximum atomic E-state index is 5.54. The normalized spacial score (nSPS) is 11.3. The van der Waals surface area contributed by atoms with Gasteiger partial charge in [0, 0.05) is 12.7 Å². The fourth-order valence-corrected chi connectivity index (χ4v) is 0.895. The van der Waals surface area contributed by atoms with Crippen LogP contribution < -0.4 is 11.1 Å². The van der Waals surface area contributed by atoms with Gasteiger partial charge in [0.25, 0.3) is 0 Å². The van der Waals surface area contributed by atoms with Crippen LogP contribution in [0.5, 0.6) is 0 Å². The van der Waals surface area contributed by atoms with Gasteiger partial charge in [0.15, 0.2) is 5.96 Å². The van der Waals surface area contributed by atoms with Crippen LogP contribution >= 0.6 is 0 Å². The summed E-state index contributed by atoms with van der Waals surface area (Å²) in [5.41, 5.74) is 6.46. The number of aliphatic imine (C=N–C) groups is 1. The average Bonchev–Trinajstić information content (AvgIpc) is 2.17. The Morgan fingerprint density at radius 1 is 1.62 bits per heavy atom. The minimum atomic E-state index is 0.466. The smallest absolute Gasteiger partial charge is 0.188 e. The van der Waals surface area contributed by atoms with E-state index in [1.807, 2.05) is 25.1 Å². The molecule has 1 aromatic rings. The highest BCUT2D eigenvalue weighted by Gasteiger charge is 1.91. The molecule has 1 rings (SSSR count). The summed E-state index contributed by atoms with van der Waals surface area (Å²) < 4.78 is 0. The molecule has 0 saturated heterocycles. The molecule has 0 aliphatic carbocycles. The number of nitrogens with two attached hydrogens (primary N) is 1. The lowest BCUT2D eigenvalue weighted by Crippen LogP contribution is -2.31. The second-order valence-corrected chi connectivity index (χ2v) is 2.55. The predicted molar refractivity (Wildman–Crippen MR) is 53.2 cm³/mol. The summed E-state index contributed by atoms with van der Waals surface area (Å²) in [6.45, 7) is 3.29. The number of hydrogen-bond acceptors (Lipinski definition) is 2. The van der Waals surface area contributed by atoms with Crippen molar-refractivity contribution in [2.24, 2.45) is 10.7 Å². The molecule has 0 atom stereocenters. The first kappa shape index (κ1) is 9.51. The minimum Gasteiger partial charge on any atom is -0.370 e. The van der Waals surface area contributed by atoms with Gasteiger partial charge in [0.2, 0.25) is 0 Å². The van der Waals surface area contributed by atoms with Crippen LogP contribution in [0.4, 0.5) is 0 Å². The number of rotatable bonds is 3. The van der Waals surface area contributed by atoms with Crippen LogP contribution in [0.2, 0.25) is 0 Å². The Kier molecular flexibility index (Phi) is 3.75. The number of nitrogens with zero attached hydrogens (tertiary/aromatic N) is 2. The zero-order valence-corrected chi connectivity index (χ0v) is 7.70. The van der Waals surface area contributed by atoms with Crippen molar-refractivity contribution in [3.63, 3.8) is 0 Å². The van der Waals surface area contributed by atoms with Crippen LogP contribution in [0, 0.1) is 0 Å². The Balaban J connectivity index is 2.47. The fraction of sp³-hybridized carbons (Fsp3) is 0.333. The zero-order valence-electron chi connectivity index (χ0n) is 7.70. The SMILES string of the molecule is CCNC(N)=NCc1ccccn1. The van der Waals surface area contributed by atoms with Gasteiger partial charge in [0.1, 0.15) is 0 Å². The van der Waals surface area contributed by atoms with Crippen LogP contribution in [-0.4, -0.2) is 17.5 Å². The van der Waals surface area contributed by atoms with Crippen LogP contribution in [-0.2, 0) is 6.54 Å². The molecule has 4 heteroatoms. The van der Waals surface area contributed by atoms with Crippen molar-refractivity contribution < 1.29 is 0 Å². The molecule has 1 heterocycles. The summed E-state index contributed by atoms with van der Waals surface area (Å²) in [5, 5.41) is 2.92. The van der Waals surface area contributed by atoms with Gasteiger partial charge in [-0.05, 0) is 19.1 Å². The van der Waals surface area contributed by atoms with E-state index in [2.05, 4.69) is 15.3 Å². The zero-order chi connectivity index (χ0) is 9.52. The van der Waals surface area contributed by atoms with Gasteiger partial charge in [-0.25, -0.2) is 4.99 Å². The lowest BCUT2D eigenvalue weighted by atomic mass is 10.3. The van der Waals surface area contributed by atoms with E-state index in [0.717, 1.165) is 12.2 Å². The topological polar surface area (TPSA) is 63.3 Å². The van der Waals surface area contributed by atoms with Crippen LogP contribution in [0.25, 0.3) is 0 Å². The summed E-state index contributed by atoms with van der Waals surface area (Å²) in [4.78, 5) is 8.23. The van der Waals surface area contributed by atoms with E-state index >= 15 is 0 Å². The predicted octanol–water partition coefficient (Wildman–Crippen LogP) is 0.506. The second-order valence-electron chi connectivity index (χ2n) is 2.55. The largest absolute Gasteiger partial charge is 0.370 e. The number of nitrogens with one attached hydrogen (secondary N) is 1. The third-order valence-corrected chi connectivity index (χ3v) is 1.50. The Hall–Kier alpha value is -1.58. The lowest BCUT2D eigenvalue weighted by molar-refractivity contribution is 0.911. The van der Waals surface area contributed by atoms with E-state index in [-0.39, 0.29) is 0 Å². The maximum Gasteiger partial charge on any atom is 0.188 e. The maximum absolute atomic E-state index is 5.54. The van der Waals surface area contributed by atoms with Crippen molar-refractivity contribution in [1.82, 2.24) is 10.3 Å². The van der Waals surface area contributed by atoms with Gasteiger partial charge in [-0.3, -0.25) is 4.98 Å². The van der Waals surface area contributed by atoms with Gasteiger partial charge in [-0.15, -0.1) is 0 Å². The van der Waals surface area contributed by atoms with E-state index in [9.17, 15) is 0 Å². The third-order valence-electron chi connectivity index (χ3n) is 1.50. The standard InChI is InChI=1S/C9H14N4/c1-2-11-9(10)13-7-8-5-3-4-6-12-8/h3-6H,2,7H2,1H3,(H3,10,11,13). The molecule has 0 amide bonds. The first-order valence-corrected chi connectivity index (χ1v) is 4.26. The molecule has 3 N–H and O–H groups in total. The highest BCUT2D eigenvalue weighted by Crippen LogP contribution is 1.94. The van der Waals surface area contributed by atoms with Crippen LogP contribution in [0.15, 0.2) is 29.4 Å². The third kappa shape index (κ3) is 3.55. The van der Waals surface area contributed by atoms with E-state index < -0.39 is 0 Å². The van der Waals surface area contributed by atoms with Crippen molar-refractivity contribution >= 4 is 5.96 Å². The summed E-state index contributed by atoms with van der Waals surface area (Å²) in [6.07, 6.45) is 1.74. The first-order valence-electron chi connectivity index (χ1n) is 4.26. The molecule has 4 nitrogen and oxygen atoms in total. The monoisotopic (exact) mass is 178 g/mol. The van der Waals surface area contributed by atoms with Gasteiger partial charge in [-0.2, -0.15) is 0 Å². The van der Waals surface area contributed by atoms with Gasteiger partial charge >= 0.3 is 0 Å². The number of guanidine groups is 1. The van der Waals surface area contributed by atoms with Gasteiger partial charge < -0.3 is 11.1 Å². The second kappa shape index (κ2) is 5.13. The lowest BCUT2D eigenvalue weighted by Gasteiger charge is -2.00. The molecular weight excluding hydrogens is 164 g/mol. The Morgan fingerprint density at radius 2 is 2.46 bits per heavy atom. The summed E-state index contributed by atoms with van der Waals surface area (Å²) in [6, 6.07) is 5.73. The van der Waals surface area contributed by atoms with Gasteiger partial charge in [-0.1, -0.05) is 6.07 Å². The van der Waals surface area contributed by atoms with E-state index in [1.165, 1.54) is 0 Å². The molecule has 0 saturated carbocycles. The molecule has 0 unspecified atom stereocenters. The fourth-order valence-electron chi connectivity index (χ4n) is 0.895. The number of hydrogen-bond donors (Lipinski definition) is 2. The molecule has 13 heavy (non-hydrogen) atoms. The molecule has 70 valence electrons. The van der Waals surface area contributed by atoms with Crippen molar-refractivity contribution in [1.29, 1.82) is 0 Å². The van der Waals surface area contributed by atoms with Gasteiger partial charge in [0.05, 0.1) is 12.2 Å². The number of pyridine rings is 1. The molecule has 0 fully saturated rings. The molecule has 1 aromatic heterocycles.